The predicted octanol–water partition coefficient (Wildman–Crippen LogP) is 1.04. The van der Waals surface area contributed by atoms with Crippen molar-refractivity contribution in [1.29, 1.82) is 0 Å². The molecule has 0 aromatic heterocycles. The molecule has 0 aliphatic heterocycles. The van der Waals surface area contributed by atoms with Gasteiger partial charge in [0, 0.05) is 15.7 Å². The monoisotopic (exact) mass is 293 g/mol. The summed E-state index contributed by atoms with van der Waals surface area (Å²) in [4.78, 5) is 11.7. The molecule has 0 spiro atoms. The molecule has 1 aromatic carbocycles. The molecule has 18 heavy (non-hydrogen) atoms. The van der Waals surface area contributed by atoms with Crippen LogP contribution in [0.3, 0.4) is 0 Å². The van der Waals surface area contributed by atoms with Crippen LogP contribution in [0.1, 0.15) is 6.92 Å². The highest BCUT2D eigenvalue weighted by molar-refractivity contribution is 6.35. The van der Waals surface area contributed by atoms with Crippen LogP contribution in [-0.4, -0.2) is 39.5 Å². The van der Waals surface area contributed by atoms with Gasteiger partial charge in [-0.05, 0) is 25.1 Å². The number of amides is 1. The van der Waals surface area contributed by atoms with Crippen molar-refractivity contribution in [3.63, 3.8) is 0 Å². The highest BCUT2D eigenvalue weighted by Gasteiger charge is 2.38. The van der Waals surface area contributed by atoms with Gasteiger partial charge in [0.15, 0.2) is 5.60 Å². The lowest BCUT2D eigenvalue weighted by atomic mass is 9.98. The number of nitrogens with one attached hydrogen (secondary N) is 1. The number of hydrogen-bond acceptors (Lipinski definition) is 4. The quantitative estimate of drug-likeness (QED) is 0.668. The smallest absolute Gasteiger partial charge is 0.258 e. The maximum atomic E-state index is 11.7. The molecule has 7 heteroatoms. The first-order chi connectivity index (χ1) is 8.27. The summed E-state index contributed by atoms with van der Waals surface area (Å²) in [5, 5.41) is 30.8. The van der Waals surface area contributed by atoms with Crippen LogP contribution in [-0.2, 0) is 4.79 Å². The van der Waals surface area contributed by atoms with E-state index in [-0.39, 0.29) is 5.69 Å². The lowest BCUT2D eigenvalue weighted by Crippen LogP contribution is -2.51. The van der Waals surface area contributed by atoms with Gasteiger partial charge in [-0.1, -0.05) is 23.2 Å². The third kappa shape index (κ3) is 3.57. The Bertz CT molecular complexity index is 430. The Balaban J connectivity index is 2.87. The second-order valence-electron chi connectivity index (χ2n) is 3.96. The number of rotatable bonds is 4. The summed E-state index contributed by atoms with van der Waals surface area (Å²) in [6.07, 6.45) is -1.59. The molecule has 0 aliphatic carbocycles. The van der Waals surface area contributed by atoms with Gasteiger partial charge in [0.1, 0.15) is 6.10 Å². The molecule has 100 valence electrons. The van der Waals surface area contributed by atoms with Crippen LogP contribution in [0.2, 0.25) is 10.0 Å². The van der Waals surface area contributed by atoms with E-state index in [0.717, 1.165) is 6.92 Å². The fourth-order valence-electron chi connectivity index (χ4n) is 1.21. The van der Waals surface area contributed by atoms with Crippen LogP contribution in [0.4, 0.5) is 5.69 Å². The Morgan fingerprint density at radius 2 is 1.89 bits per heavy atom. The third-order valence-corrected chi connectivity index (χ3v) is 2.84. The SMILES string of the molecule is CC(O)(C(=O)Nc1cc(Cl)cc(Cl)c1)C(O)CO. The summed E-state index contributed by atoms with van der Waals surface area (Å²) in [5.74, 6) is -0.873. The molecule has 0 saturated carbocycles. The summed E-state index contributed by atoms with van der Waals surface area (Å²) in [5.41, 5.74) is -1.84. The van der Waals surface area contributed by atoms with Crippen molar-refractivity contribution in [3.05, 3.63) is 28.2 Å². The molecule has 0 saturated heterocycles. The maximum Gasteiger partial charge on any atom is 0.258 e. The number of aliphatic hydroxyl groups is 3. The van der Waals surface area contributed by atoms with Gasteiger partial charge in [0.05, 0.1) is 6.61 Å². The molecule has 1 rings (SSSR count). The first-order valence-corrected chi connectivity index (χ1v) is 5.82. The topological polar surface area (TPSA) is 89.8 Å². The Hall–Kier alpha value is -0.850. The van der Waals surface area contributed by atoms with E-state index in [1.165, 1.54) is 18.2 Å². The maximum absolute atomic E-state index is 11.7. The standard InChI is InChI=1S/C11H13Cl2NO4/c1-11(18,9(16)5-15)10(17)14-8-3-6(12)2-7(13)4-8/h2-4,9,15-16,18H,5H2,1H3,(H,14,17). The molecular weight excluding hydrogens is 281 g/mol. The molecule has 0 bridgehead atoms. The van der Waals surface area contributed by atoms with Gasteiger partial charge in [-0.3, -0.25) is 4.79 Å². The van der Waals surface area contributed by atoms with Gasteiger partial charge in [0.2, 0.25) is 0 Å². The van der Waals surface area contributed by atoms with Gasteiger partial charge >= 0.3 is 0 Å². The van der Waals surface area contributed by atoms with Crippen LogP contribution in [0, 0.1) is 0 Å². The Morgan fingerprint density at radius 1 is 1.39 bits per heavy atom. The second-order valence-corrected chi connectivity index (χ2v) is 4.83. The molecule has 0 aliphatic rings. The highest BCUT2D eigenvalue weighted by Crippen LogP contribution is 2.23. The van der Waals surface area contributed by atoms with Crippen LogP contribution in [0.25, 0.3) is 0 Å². The number of hydrogen-bond donors (Lipinski definition) is 4. The van der Waals surface area contributed by atoms with Gasteiger partial charge in [-0.25, -0.2) is 0 Å². The zero-order chi connectivity index (χ0) is 13.9. The van der Waals surface area contributed by atoms with E-state index >= 15 is 0 Å². The van der Waals surface area contributed by atoms with Crippen molar-refractivity contribution in [2.24, 2.45) is 0 Å². The summed E-state index contributed by atoms with van der Waals surface area (Å²) in [6, 6.07) is 4.36. The van der Waals surface area contributed by atoms with Crippen LogP contribution >= 0.6 is 23.2 Å². The lowest BCUT2D eigenvalue weighted by Gasteiger charge is -2.26. The molecule has 1 aromatic rings. The molecule has 2 atom stereocenters. The van der Waals surface area contributed by atoms with E-state index in [2.05, 4.69) is 5.32 Å². The first-order valence-electron chi connectivity index (χ1n) is 5.06. The van der Waals surface area contributed by atoms with Crippen LogP contribution in [0.5, 0.6) is 0 Å². The zero-order valence-electron chi connectivity index (χ0n) is 9.52. The number of anilines is 1. The minimum absolute atomic E-state index is 0.280. The fraction of sp³-hybridized carbons (Fsp3) is 0.364. The molecule has 0 radical (unpaired) electrons. The van der Waals surface area contributed by atoms with E-state index in [0.29, 0.717) is 10.0 Å². The molecule has 5 nitrogen and oxygen atoms in total. The zero-order valence-corrected chi connectivity index (χ0v) is 11.0. The van der Waals surface area contributed by atoms with E-state index in [1.54, 1.807) is 0 Å². The average Bonchev–Trinajstić information content (AvgIpc) is 2.26. The number of aliphatic hydroxyl groups excluding tert-OH is 2. The van der Waals surface area contributed by atoms with Crippen molar-refractivity contribution < 1.29 is 20.1 Å². The molecular formula is C11H13Cl2NO4. The molecule has 4 N–H and O–H groups in total. The number of benzene rings is 1. The van der Waals surface area contributed by atoms with Crippen molar-refractivity contribution in [3.8, 4) is 0 Å². The minimum atomic E-state index is -2.12. The van der Waals surface area contributed by atoms with Crippen molar-refractivity contribution >= 4 is 34.8 Å². The van der Waals surface area contributed by atoms with E-state index in [9.17, 15) is 15.0 Å². The lowest BCUT2D eigenvalue weighted by molar-refractivity contribution is -0.147. The predicted molar refractivity (Wildman–Crippen MR) is 68.8 cm³/mol. The number of halogens is 2. The molecule has 0 fully saturated rings. The Morgan fingerprint density at radius 3 is 2.33 bits per heavy atom. The van der Waals surface area contributed by atoms with Crippen molar-refractivity contribution in [2.45, 2.75) is 18.6 Å². The van der Waals surface area contributed by atoms with E-state index < -0.39 is 24.2 Å². The van der Waals surface area contributed by atoms with Gasteiger partial charge < -0.3 is 20.6 Å². The van der Waals surface area contributed by atoms with Gasteiger partial charge in [-0.15, -0.1) is 0 Å². The molecule has 2 unspecified atom stereocenters. The Kier molecular flexibility index (Phi) is 4.95. The second kappa shape index (κ2) is 5.86. The van der Waals surface area contributed by atoms with Crippen LogP contribution in [0.15, 0.2) is 18.2 Å². The Labute approximate surface area is 114 Å². The largest absolute Gasteiger partial charge is 0.394 e. The summed E-state index contributed by atoms with van der Waals surface area (Å²) >= 11 is 11.5. The van der Waals surface area contributed by atoms with Gasteiger partial charge in [-0.2, -0.15) is 0 Å². The molecule has 0 heterocycles. The highest BCUT2D eigenvalue weighted by atomic mass is 35.5. The third-order valence-electron chi connectivity index (χ3n) is 2.40. The first kappa shape index (κ1) is 15.2. The van der Waals surface area contributed by atoms with Crippen LogP contribution < -0.4 is 5.32 Å². The summed E-state index contributed by atoms with van der Waals surface area (Å²) in [7, 11) is 0. The average molecular weight is 294 g/mol. The summed E-state index contributed by atoms with van der Waals surface area (Å²) in [6.45, 7) is 0.353. The number of carbonyl (C=O) groups is 1. The fourth-order valence-corrected chi connectivity index (χ4v) is 1.74. The summed E-state index contributed by atoms with van der Waals surface area (Å²) < 4.78 is 0. The van der Waals surface area contributed by atoms with Crippen molar-refractivity contribution in [2.75, 3.05) is 11.9 Å². The van der Waals surface area contributed by atoms with Gasteiger partial charge in [0.25, 0.3) is 5.91 Å². The van der Waals surface area contributed by atoms with E-state index in [1.807, 2.05) is 0 Å². The number of carbonyl (C=O) groups excluding carboxylic acids is 1. The van der Waals surface area contributed by atoms with E-state index in [4.69, 9.17) is 28.3 Å². The normalized spacial score (nSPS) is 15.9. The molecule has 1 amide bonds. The van der Waals surface area contributed by atoms with Crippen molar-refractivity contribution in [1.82, 2.24) is 0 Å². The minimum Gasteiger partial charge on any atom is -0.394 e.